The molecule has 0 aromatic heterocycles. The SMILES string of the molecule is COCC1(C(=O)O)CCN(C(=O)c2ccc(NC(=O)c3ccccc3)cc2)C1. The molecule has 2 N–H and O–H groups in total. The molecule has 1 aliphatic rings. The summed E-state index contributed by atoms with van der Waals surface area (Å²) in [6.45, 7) is 0.541. The maximum absolute atomic E-state index is 12.7. The molecule has 1 fully saturated rings. The lowest BCUT2D eigenvalue weighted by Crippen LogP contribution is -2.40. The van der Waals surface area contributed by atoms with E-state index in [0.717, 1.165) is 0 Å². The molecule has 146 valence electrons. The number of hydrogen-bond donors (Lipinski definition) is 2. The lowest BCUT2D eigenvalue weighted by atomic mass is 9.88. The molecule has 2 aromatic carbocycles. The van der Waals surface area contributed by atoms with Crippen LogP contribution < -0.4 is 5.32 Å². The van der Waals surface area contributed by atoms with Gasteiger partial charge >= 0.3 is 5.97 Å². The maximum Gasteiger partial charge on any atom is 0.313 e. The van der Waals surface area contributed by atoms with Crippen LogP contribution >= 0.6 is 0 Å². The van der Waals surface area contributed by atoms with E-state index in [1.54, 1.807) is 48.5 Å². The summed E-state index contributed by atoms with van der Waals surface area (Å²) in [5.74, 6) is -1.42. The van der Waals surface area contributed by atoms with Gasteiger partial charge in [-0.3, -0.25) is 14.4 Å². The molecule has 1 unspecified atom stereocenters. The highest BCUT2D eigenvalue weighted by Gasteiger charge is 2.46. The zero-order chi connectivity index (χ0) is 20.1. The van der Waals surface area contributed by atoms with Gasteiger partial charge in [0.2, 0.25) is 0 Å². The van der Waals surface area contributed by atoms with E-state index in [1.165, 1.54) is 12.0 Å². The number of amides is 2. The van der Waals surface area contributed by atoms with Crippen molar-refractivity contribution in [1.29, 1.82) is 0 Å². The number of rotatable bonds is 6. The quantitative estimate of drug-likeness (QED) is 0.800. The van der Waals surface area contributed by atoms with Gasteiger partial charge in [0.25, 0.3) is 11.8 Å². The highest BCUT2D eigenvalue weighted by Crippen LogP contribution is 2.32. The van der Waals surface area contributed by atoms with Gasteiger partial charge in [-0.05, 0) is 42.8 Å². The molecular formula is C21H22N2O5. The minimum Gasteiger partial charge on any atom is -0.481 e. The van der Waals surface area contributed by atoms with E-state index >= 15 is 0 Å². The van der Waals surface area contributed by atoms with E-state index in [9.17, 15) is 19.5 Å². The number of likely N-dealkylation sites (tertiary alicyclic amines) is 1. The van der Waals surface area contributed by atoms with Crippen LogP contribution in [0.5, 0.6) is 0 Å². The molecule has 7 nitrogen and oxygen atoms in total. The third-order valence-corrected chi connectivity index (χ3v) is 4.94. The van der Waals surface area contributed by atoms with Crippen LogP contribution in [-0.4, -0.2) is 54.6 Å². The van der Waals surface area contributed by atoms with Gasteiger partial charge in [0, 0.05) is 37.0 Å². The molecule has 0 aliphatic carbocycles. The van der Waals surface area contributed by atoms with Crippen molar-refractivity contribution in [1.82, 2.24) is 4.90 Å². The highest BCUT2D eigenvalue weighted by atomic mass is 16.5. The van der Waals surface area contributed by atoms with Gasteiger partial charge in [-0.1, -0.05) is 18.2 Å². The van der Waals surface area contributed by atoms with Crippen LogP contribution in [0.25, 0.3) is 0 Å². The van der Waals surface area contributed by atoms with Crippen LogP contribution in [0.1, 0.15) is 27.1 Å². The lowest BCUT2D eigenvalue weighted by molar-refractivity contribution is -0.151. The third kappa shape index (κ3) is 4.04. The first kappa shape index (κ1) is 19.6. The Morgan fingerprint density at radius 1 is 1.07 bits per heavy atom. The molecule has 3 rings (SSSR count). The molecule has 7 heteroatoms. The number of hydrogen-bond acceptors (Lipinski definition) is 4. The summed E-state index contributed by atoms with van der Waals surface area (Å²) in [5.41, 5.74) is 0.499. The van der Waals surface area contributed by atoms with E-state index in [-0.39, 0.29) is 25.0 Å². The summed E-state index contributed by atoms with van der Waals surface area (Å²) in [7, 11) is 1.46. The van der Waals surface area contributed by atoms with Gasteiger partial charge < -0.3 is 20.1 Å². The van der Waals surface area contributed by atoms with Crippen molar-refractivity contribution in [3.8, 4) is 0 Å². The summed E-state index contributed by atoms with van der Waals surface area (Å²) in [4.78, 5) is 38.1. The maximum atomic E-state index is 12.7. The van der Waals surface area contributed by atoms with Crippen molar-refractivity contribution in [3.05, 3.63) is 65.7 Å². The Bertz CT molecular complexity index is 866. The predicted octanol–water partition coefficient (Wildman–Crippen LogP) is 2.50. The Balaban J connectivity index is 1.66. The number of anilines is 1. The van der Waals surface area contributed by atoms with Crippen LogP contribution in [0.4, 0.5) is 5.69 Å². The Hall–Kier alpha value is -3.19. The number of nitrogens with one attached hydrogen (secondary N) is 1. The molecular weight excluding hydrogens is 360 g/mol. The Kier molecular flexibility index (Phi) is 5.75. The monoisotopic (exact) mass is 382 g/mol. The van der Waals surface area contributed by atoms with Crippen LogP contribution in [0, 0.1) is 5.41 Å². The number of carbonyl (C=O) groups is 3. The Labute approximate surface area is 162 Å². The molecule has 0 saturated carbocycles. The second-order valence-electron chi connectivity index (χ2n) is 6.89. The van der Waals surface area contributed by atoms with Gasteiger partial charge in [-0.15, -0.1) is 0 Å². The second-order valence-corrected chi connectivity index (χ2v) is 6.89. The molecule has 0 bridgehead atoms. The summed E-state index contributed by atoms with van der Waals surface area (Å²) in [6, 6.07) is 15.4. The zero-order valence-electron chi connectivity index (χ0n) is 15.6. The minimum atomic E-state index is -1.06. The molecule has 1 heterocycles. The Morgan fingerprint density at radius 2 is 1.75 bits per heavy atom. The normalized spacial score (nSPS) is 18.7. The zero-order valence-corrected chi connectivity index (χ0v) is 15.6. The number of aliphatic carboxylic acids is 1. The van der Waals surface area contributed by atoms with Crippen LogP contribution in [-0.2, 0) is 9.53 Å². The van der Waals surface area contributed by atoms with E-state index < -0.39 is 11.4 Å². The molecule has 28 heavy (non-hydrogen) atoms. The van der Waals surface area contributed by atoms with Crippen molar-refractivity contribution in [2.45, 2.75) is 6.42 Å². The Morgan fingerprint density at radius 3 is 2.36 bits per heavy atom. The molecule has 0 radical (unpaired) electrons. The standard InChI is InChI=1S/C21H22N2O5/c1-28-14-21(20(26)27)11-12-23(13-21)19(25)16-7-9-17(10-8-16)22-18(24)15-5-3-2-4-6-15/h2-10H,11-14H2,1H3,(H,22,24)(H,26,27). The number of methoxy groups -OCH3 is 1. The minimum absolute atomic E-state index is 0.0660. The third-order valence-electron chi connectivity index (χ3n) is 4.94. The fraction of sp³-hybridized carbons (Fsp3) is 0.286. The van der Waals surface area contributed by atoms with Crippen molar-refractivity contribution >= 4 is 23.5 Å². The summed E-state index contributed by atoms with van der Waals surface area (Å²) in [5, 5.41) is 12.3. The average Bonchev–Trinajstić information content (AvgIpc) is 3.14. The van der Waals surface area contributed by atoms with Gasteiger partial charge in [-0.25, -0.2) is 0 Å². The smallest absolute Gasteiger partial charge is 0.313 e. The number of ether oxygens (including phenoxy) is 1. The first-order chi connectivity index (χ1) is 13.4. The van der Waals surface area contributed by atoms with Gasteiger partial charge in [0.15, 0.2) is 0 Å². The molecule has 2 amide bonds. The number of carboxylic acid groups (broad SMARTS) is 1. The van der Waals surface area contributed by atoms with E-state index in [4.69, 9.17) is 4.74 Å². The fourth-order valence-corrected chi connectivity index (χ4v) is 3.35. The summed E-state index contributed by atoms with van der Waals surface area (Å²) < 4.78 is 5.05. The van der Waals surface area contributed by atoms with Crippen LogP contribution in [0.2, 0.25) is 0 Å². The predicted molar refractivity (Wildman–Crippen MR) is 103 cm³/mol. The summed E-state index contributed by atoms with van der Waals surface area (Å²) in [6.07, 6.45) is 0.354. The number of benzene rings is 2. The molecule has 1 saturated heterocycles. The molecule has 1 aliphatic heterocycles. The second kappa shape index (κ2) is 8.22. The molecule has 0 spiro atoms. The number of nitrogens with zero attached hydrogens (tertiary/aromatic N) is 1. The fourth-order valence-electron chi connectivity index (χ4n) is 3.35. The first-order valence-corrected chi connectivity index (χ1v) is 8.93. The molecule has 2 aromatic rings. The highest BCUT2D eigenvalue weighted by molar-refractivity contribution is 6.04. The van der Waals surface area contributed by atoms with Gasteiger partial charge in [-0.2, -0.15) is 0 Å². The van der Waals surface area contributed by atoms with E-state index in [1.807, 2.05) is 6.07 Å². The van der Waals surface area contributed by atoms with Crippen molar-refractivity contribution in [3.63, 3.8) is 0 Å². The first-order valence-electron chi connectivity index (χ1n) is 8.93. The van der Waals surface area contributed by atoms with Crippen molar-refractivity contribution in [2.24, 2.45) is 5.41 Å². The summed E-state index contributed by atoms with van der Waals surface area (Å²) >= 11 is 0. The van der Waals surface area contributed by atoms with Crippen LogP contribution in [0.3, 0.4) is 0 Å². The van der Waals surface area contributed by atoms with Crippen molar-refractivity contribution < 1.29 is 24.2 Å². The molecule has 1 atom stereocenters. The average molecular weight is 382 g/mol. The van der Waals surface area contributed by atoms with Gasteiger partial charge in [0.1, 0.15) is 5.41 Å². The largest absolute Gasteiger partial charge is 0.481 e. The van der Waals surface area contributed by atoms with Gasteiger partial charge in [0.05, 0.1) is 6.61 Å². The lowest BCUT2D eigenvalue weighted by Gasteiger charge is -2.23. The topological polar surface area (TPSA) is 95.9 Å². The number of carbonyl (C=O) groups excluding carboxylic acids is 2. The van der Waals surface area contributed by atoms with E-state index in [0.29, 0.717) is 29.8 Å². The van der Waals surface area contributed by atoms with E-state index in [2.05, 4.69) is 5.32 Å². The van der Waals surface area contributed by atoms with Crippen molar-refractivity contribution in [2.75, 3.05) is 32.1 Å². The number of carboxylic acids is 1. The van der Waals surface area contributed by atoms with Crippen LogP contribution in [0.15, 0.2) is 54.6 Å².